The van der Waals surface area contributed by atoms with Crippen LogP contribution in [0.25, 0.3) is 0 Å². The number of hydrogen-bond donors (Lipinski definition) is 0. The lowest BCUT2D eigenvalue weighted by Crippen LogP contribution is -2.67. The minimum Gasteiger partial charge on any atom is -0.467 e. The summed E-state index contributed by atoms with van der Waals surface area (Å²) in [5.41, 5.74) is -5.57. The van der Waals surface area contributed by atoms with E-state index >= 15 is 0 Å². The van der Waals surface area contributed by atoms with Crippen LogP contribution in [-0.2, 0) is 33.3 Å². The topological polar surface area (TPSA) is 108 Å². The SMILES string of the molecule is C#C[C@]12O[C@@H](OC)CC1C(=O)N(C(=O)OC(C)(C)C)[C@@]2(C=O)C(=O)OC. The molecule has 0 radical (unpaired) electrons. The quantitative estimate of drug-likeness (QED) is 0.302. The first-order valence-electron chi connectivity index (χ1n) is 7.84. The Morgan fingerprint density at radius 3 is 2.42 bits per heavy atom. The lowest BCUT2D eigenvalue weighted by atomic mass is 9.76. The van der Waals surface area contributed by atoms with Gasteiger partial charge < -0.3 is 18.9 Å². The summed E-state index contributed by atoms with van der Waals surface area (Å²) in [5.74, 6) is -0.995. The number of carbonyl (C=O) groups is 4. The minimum atomic E-state index is -2.52. The molecule has 0 bridgehead atoms. The maximum atomic E-state index is 13.0. The molecule has 9 heteroatoms. The molecule has 4 atom stereocenters. The van der Waals surface area contributed by atoms with Gasteiger partial charge in [-0.2, -0.15) is 0 Å². The highest BCUT2D eigenvalue weighted by Crippen LogP contribution is 2.52. The van der Waals surface area contributed by atoms with Crippen molar-refractivity contribution in [1.29, 1.82) is 0 Å². The third kappa shape index (κ3) is 2.48. The fraction of sp³-hybridized carbons (Fsp3) is 0.647. The zero-order valence-corrected chi connectivity index (χ0v) is 15.2. The van der Waals surface area contributed by atoms with E-state index in [0.717, 1.165) is 7.11 Å². The zero-order chi connectivity index (χ0) is 19.9. The molecule has 0 saturated carbocycles. The van der Waals surface area contributed by atoms with Crippen LogP contribution < -0.4 is 0 Å². The van der Waals surface area contributed by atoms with Crippen molar-refractivity contribution in [3.8, 4) is 12.3 Å². The Bertz CT molecular complexity index is 690. The second-order valence-electron chi connectivity index (χ2n) is 6.98. The number of ether oxygens (including phenoxy) is 4. The van der Waals surface area contributed by atoms with Gasteiger partial charge in [-0.05, 0) is 20.8 Å². The third-order valence-corrected chi connectivity index (χ3v) is 4.39. The van der Waals surface area contributed by atoms with Gasteiger partial charge >= 0.3 is 12.1 Å². The number of nitrogens with zero attached hydrogens (tertiary/aromatic N) is 1. The maximum absolute atomic E-state index is 13.0. The normalized spacial score (nSPS) is 33.4. The Labute approximate surface area is 150 Å². The lowest BCUT2D eigenvalue weighted by molar-refractivity contribution is -0.187. The van der Waals surface area contributed by atoms with Gasteiger partial charge in [-0.1, -0.05) is 5.92 Å². The highest BCUT2D eigenvalue weighted by molar-refractivity contribution is 6.14. The van der Waals surface area contributed by atoms with E-state index in [1.807, 2.05) is 0 Å². The number of imide groups is 1. The number of terminal acetylenes is 1. The molecule has 142 valence electrons. The summed E-state index contributed by atoms with van der Waals surface area (Å²) >= 11 is 0. The summed E-state index contributed by atoms with van der Waals surface area (Å²) in [6.45, 7) is 4.71. The molecule has 2 fully saturated rings. The van der Waals surface area contributed by atoms with Crippen LogP contribution in [0.4, 0.5) is 4.79 Å². The number of esters is 1. The summed E-state index contributed by atoms with van der Waals surface area (Å²) in [5, 5.41) is 0. The monoisotopic (exact) mass is 367 g/mol. The fourth-order valence-corrected chi connectivity index (χ4v) is 3.34. The smallest absolute Gasteiger partial charge is 0.418 e. The molecular formula is C17H21NO8. The van der Waals surface area contributed by atoms with E-state index in [-0.39, 0.29) is 12.7 Å². The van der Waals surface area contributed by atoms with E-state index in [0.29, 0.717) is 4.90 Å². The number of amides is 2. The molecule has 0 N–H and O–H groups in total. The van der Waals surface area contributed by atoms with E-state index in [1.165, 1.54) is 7.11 Å². The number of rotatable bonds is 3. The maximum Gasteiger partial charge on any atom is 0.418 e. The van der Waals surface area contributed by atoms with Crippen molar-refractivity contribution in [2.45, 2.75) is 50.2 Å². The molecule has 26 heavy (non-hydrogen) atoms. The average molecular weight is 367 g/mol. The summed E-state index contributed by atoms with van der Waals surface area (Å²) < 4.78 is 20.6. The molecule has 0 aliphatic carbocycles. The Hall–Kier alpha value is -2.44. The second kappa shape index (κ2) is 6.37. The molecule has 1 unspecified atom stereocenters. The van der Waals surface area contributed by atoms with Crippen molar-refractivity contribution in [1.82, 2.24) is 4.90 Å². The molecule has 2 aliphatic heterocycles. The number of methoxy groups -OCH3 is 2. The largest absolute Gasteiger partial charge is 0.467 e. The minimum absolute atomic E-state index is 0.0363. The van der Waals surface area contributed by atoms with Crippen molar-refractivity contribution >= 4 is 24.3 Å². The number of aldehydes is 1. The van der Waals surface area contributed by atoms with Gasteiger partial charge in [-0.15, -0.1) is 6.42 Å². The predicted octanol–water partition coefficient (Wildman–Crippen LogP) is 0.255. The van der Waals surface area contributed by atoms with Crippen molar-refractivity contribution in [2.24, 2.45) is 5.92 Å². The van der Waals surface area contributed by atoms with Crippen molar-refractivity contribution in [3.05, 3.63) is 0 Å². The highest BCUT2D eigenvalue weighted by Gasteiger charge is 2.79. The first kappa shape index (κ1) is 19.9. The summed E-state index contributed by atoms with van der Waals surface area (Å²) in [4.78, 5) is 50.8. The van der Waals surface area contributed by atoms with Crippen molar-refractivity contribution < 1.29 is 38.1 Å². The van der Waals surface area contributed by atoms with Crippen LogP contribution in [0.15, 0.2) is 0 Å². The third-order valence-electron chi connectivity index (χ3n) is 4.39. The average Bonchev–Trinajstić information content (AvgIpc) is 3.05. The van der Waals surface area contributed by atoms with Gasteiger partial charge in [-0.3, -0.25) is 9.59 Å². The fourth-order valence-electron chi connectivity index (χ4n) is 3.34. The van der Waals surface area contributed by atoms with E-state index < -0.39 is 46.9 Å². The van der Waals surface area contributed by atoms with Gasteiger partial charge in [0, 0.05) is 13.5 Å². The van der Waals surface area contributed by atoms with Crippen LogP contribution in [0.3, 0.4) is 0 Å². The standard InChI is InChI=1S/C17H21NO8/c1-7-17-10(8-11(23-5)25-17)12(20)18(14(22)26-15(2,3)4)16(17,9-19)13(21)24-6/h1,9-11H,8H2,2-6H3/t10?,11-,16+,17+/m1/s1. The zero-order valence-electron chi connectivity index (χ0n) is 15.2. The highest BCUT2D eigenvalue weighted by atomic mass is 16.7. The molecule has 9 nitrogen and oxygen atoms in total. The number of hydrogen-bond acceptors (Lipinski definition) is 8. The molecule has 2 amide bonds. The van der Waals surface area contributed by atoms with E-state index in [2.05, 4.69) is 5.92 Å². The molecule has 0 aromatic heterocycles. The predicted molar refractivity (Wildman–Crippen MR) is 85.4 cm³/mol. The van der Waals surface area contributed by atoms with E-state index in [9.17, 15) is 19.2 Å². The van der Waals surface area contributed by atoms with Crippen molar-refractivity contribution in [3.63, 3.8) is 0 Å². The Morgan fingerprint density at radius 2 is 2.00 bits per heavy atom. The van der Waals surface area contributed by atoms with Crippen LogP contribution in [0.5, 0.6) is 0 Å². The molecule has 2 rings (SSSR count). The Kier molecular flexibility index (Phi) is 4.87. The molecule has 2 heterocycles. The molecule has 2 aliphatic rings. The number of fused-ring (bicyclic) bond motifs is 1. The van der Waals surface area contributed by atoms with Gasteiger partial charge in [0.15, 0.2) is 18.2 Å². The van der Waals surface area contributed by atoms with Crippen LogP contribution in [0, 0.1) is 18.3 Å². The van der Waals surface area contributed by atoms with Gasteiger partial charge in [-0.25, -0.2) is 14.5 Å². The molecule has 0 aromatic rings. The van der Waals surface area contributed by atoms with Gasteiger partial charge in [0.25, 0.3) is 0 Å². The molecular weight excluding hydrogens is 346 g/mol. The summed E-state index contributed by atoms with van der Waals surface area (Å²) in [6, 6.07) is 0. The first-order chi connectivity index (χ1) is 12.0. The van der Waals surface area contributed by atoms with Crippen LogP contribution in [-0.4, -0.2) is 66.4 Å². The van der Waals surface area contributed by atoms with Gasteiger partial charge in [0.1, 0.15) is 5.60 Å². The summed E-state index contributed by atoms with van der Waals surface area (Å²) in [7, 11) is 2.33. The van der Waals surface area contributed by atoms with Crippen LogP contribution in [0.1, 0.15) is 27.2 Å². The van der Waals surface area contributed by atoms with Gasteiger partial charge in [0.05, 0.1) is 13.0 Å². The lowest BCUT2D eigenvalue weighted by Gasteiger charge is -2.38. The number of carbonyl (C=O) groups excluding carboxylic acids is 4. The van der Waals surface area contributed by atoms with Gasteiger partial charge in [0.2, 0.25) is 11.4 Å². The number of likely N-dealkylation sites (tertiary alicyclic amines) is 1. The molecule has 0 spiro atoms. The van der Waals surface area contributed by atoms with Crippen molar-refractivity contribution in [2.75, 3.05) is 14.2 Å². The van der Waals surface area contributed by atoms with Crippen LogP contribution >= 0.6 is 0 Å². The Morgan fingerprint density at radius 1 is 1.38 bits per heavy atom. The first-order valence-corrected chi connectivity index (χ1v) is 7.84. The second-order valence-corrected chi connectivity index (χ2v) is 6.98. The van der Waals surface area contributed by atoms with Crippen LogP contribution in [0.2, 0.25) is 0 Å². The molecule has 0 aromatic carbocycles. The van der Waals surface area contributed by atoms with E-state index in [4.69, 9.17) is 25.4 Å². The molecule has 2 saturated heterocycles. The Balaban J connectivity index is 2.69. The van der Waals surface area contributed by atoms with E-state index in [1.54, 1.807) is 20.8 Å². The summed E-state index contributed by atoms with van der Waals surface area (Å²) in [6.07, 6.45) is 3.53.